The highest BCUT2D eigenvalue weighted by atomic mass is 35.5. The van der Waals surface area contributed by atoms with Crippen molar-refractivity contribution < 1.29 is 4.79 Å². The highest BCUT2D eigenvalue weighted by molar-refractivity contribution is 6.30. The van der Waals surface area contributed by atoms with E-state index in [0.717, 1.165) is 16.6 Å². The number of pyridine rings is 1. The second kappa shape index (κ2) is 6.80. The second-order valence-electron chi connectivity index (χ2n) is 5.30. The molecule has 2 heterocycles. The summed E-state index contributed by atoms with van der Waals surface area (Å²) in [6.45, 7) is 0.545. The fourth-order valence-corrected chi connectivity index (χ4v) is 2.88. The number of nitrogens with one attached hydrogen (secondary N) is 3. The van der Waals surface area contributed by atoms with E-state index in [1.54, 1.807) is 14.1 Å². The van der Waals surface area contributed by atoms with Crippen molar-refractivity contribution in [2.24, 2.45) is 5.10 Å². The summed E-state index contributed by atoms with van der Waals surface area (Å²) in [6.07, 6.45) is 0. The van der Waals surface area contributed by atoms with E-state index in [2.05, 4.69) is 20.8 Å². The highest BCUT2D eigenvalue weighted by Gasteiger charge is 2.15. The van der Waals surface area contributed by atoms with Gasteiger partial charge in [-0.3, -0.25) is 4.79 Å². The van der Waals surface area contributed by atoms with Crippen LogP contribution in [0.4, 0.5) is 0 Å². The van der Waals surface area contributed by atoms with Crippen molar-refractivity contribution in [2.75, 3.05) is 14.1 Å². The van der Waals surface area contributed by atoms with Crippen LogP contribution in [0.1, 0.15) is 16.1 Å². The van der Waals surface area contributed by atoms with E-state index >= 15 is 0 Å². The SMILES string of the molecule is CN/N=c1/ccc2c(cc(C(=O)NC)n2Cc2cccc(Cl)c2)[nH]1. The maximum Gasteiger partial charge on any atom is 0.267 e. The van der Waals surface area contributed by atoms with Gasteiger partial charge >= 0.3 is 0 Å². The van der Waals surface area contributed by atoms with Crippen molar-refractivity contribution in [3.8, 4) is 0 Å². The number of H-pyrrole nitrogens is 1. The standard InChI is InChI=1S/C17H18ClN5O/c1-19-17(24)15-9-13-14(6-7-16(21-13)22-20-2)23(15)10-11-4-3-5-12(18)8-11/h3-9,20H,10H2,1-2H3,(H,19,24)(H,21,22). The summed E-state index contributed by atoms with van der Waals surface area (Å²) in [7, 11) is 3.35. The van der Waals surface area contributed by atoms with E-state index in [0.29, 0.717) is 22.7 Å². The molecule has 0 bridgehead atoms. The molecule has 0 spiro atoms. The van der Waals surface area contributed by atoms with E-state index in [4.69, 9.17) is 11.6 Å². The molecule has 0 radical (unpaired) electrons. The molecular weight excluding hydrogens is 326 g/mol. The first-order valence-electron chi connectivity index (χ1n) is 7.52. The van der Waals surface area contributed by atoms with Crippen LogP contribution in [0.15, 0.2) is 47.6 Å². The van der Waals surface area contributed by atoms with Crippen LogP contribution in [0.2, 0.25) is 5.02 Å². The lowest BCUT2D eigenvalue weighted by Crippen LogP contribution is -2.21. The summed E-state index contributed by atoms with van der Waals surface area (Å²) in [6, 6.07) is 13.2. The van der Waals surface area contributed by atoms with E-state index in [-0.39, 0.29) is 5.91 Å². The molecule has 0 saturated carbocycles. The van der Waals surface area contributed by atoms with Gasteiger partial charge in [0.2, 0.25) is 0 Å². The Kier molecular flexibility index (Phi) is 4.57. The number of halogens is 1. The molecule has 1 aromatic carbocycles. The smallest absolute Gasteiger partial charge is 0.267 e. The monoisotopic (exact) mass is 343 g/mol. The molecule has 0 aliphatic rings. The van der Waals surface area contributed by atoms with Crippen LogP contribution in [0.3, 0.4) is 0 Å². The molecular formula is C17H18ClN5O. The lowest BCUT2D eigenvalue weighted by Gasteiger charge is -2.10. The number of hydrogen-bond acceptors (Lipinski definition) is 3. The number of aromatic amines is 1. The van der Waals surface area contributed by atoms with Gasteiger partial charge in [-0.15, -0.1) is 0 Å². The number of amides is 1. The average Bonchev–Trinajstić information content (AvgIpc) is 2.92. The van der Waals surface area contributed by atoms with Crippen LogP contribution < -0.4 is 16.2 Å². The Morgan fingerprint density at radius 3 is 2.79 bits per heavy atom. The van der Waals surface area contributed by atoms with Gasteiger partial charge in [0.15, 0.2) is 0 Å². The van der Waals surface area contributed by atoms with Crippen molar-refractivity contribution in [3.05, 3.63) is 64.2 Å². The molecule has 3 N–H and O–H groups in total. The molecule has 2 aromatic heterocycles. The average molecular weight is 344 g/mol. The Morgan fingerprint density at radius 1 is 1.25 bits per heavy atom. The Labute approximate surface area is 144 Å². The Hall–Kier alpha value is -2.73. The number of aromatic nitrogens is 2. The van der Waals surface area contributed by atoms with Crippen LogP contribution in [0.5, 0.6) is 0 Å². The minimum atomic E-state index is -0.145. The Bertz CT molecular complexity index is 957. The van der Waals surface area contributed by atoms with Crippen molar-refractivity contribution >= 4 is 28.5 Å². The van der Waals surface area contributed by atoms with E-state index in [1.807, 2.05) is 47.0 Å². The maximum atomic E-state index is 12.3. The van der Waals surface area contributed by atoms with Crippen LogP contribution in [-0.2, 0) is 6.54 Å². The molecule has 6 nitrogen and oxygen atoms in total. The molecule has 0 saturated heterocycles. The normalized spacial score (nSPS) is 11.7. The van der Waals surface area contributed by atoms with Gasteiger partial charge in [0.05, 0.1) is 11.0 Å². The van der Waals surface area contributed by atoms with Crippen LogP contribution in [0.25, 0.3) is 11.0 Å². The minimum absolute atomic E-state index is 0.145. The predicted octanol–water partition coefficient (Wildman–Crippen LogP) is 2.07. The third kappa shape index (κ3) is 3.14. The fourth-order valence-electron chi connectivity index (χ4n) is 2.67. The lowest BCUT2D eigenvalue weighted by atomic mass is 10.2. The zero-order valence-electron chi connectivity index (χ0n) is 13.4. The molecule has 124 valence electrons. The molecule has 1 amide bonds. The van der Waals surface area contributed by atoms with Gasteiger partial charge < -0.3 is 20.3 Å². The van der Waals surface area contributed by atoms with Crippen molar-refractivity contribution in [1.29, 1.82) is 0 Å². The van der Waals surface area contributed by atoms with Crippen LogP contribution in [-0.4, -0.2) is 29.6 Å². The molecule has 3 rings (SSSR count). The highest BCUT2D eigenvalue weighted by Crippen LogP contribution is 2.20. The molecule has 0 fully saturated rings. The Morgan fingerprint density at radius 2 is 2.08 bits per heavy atom. The first-order valence-corrected chi connectivity index (χ1v) is 7.89. The van der Waals surface area contributed by atoms with Crippen molar-refractivity contribution in [3.63, 3.8) is 0 Å². The quantitative estimate of drug-likeness (QED) is 0.634. The third-order valence-electron chi connectivity index (χ3n) is 3.72. The summed E-state index contributed by atoms with van der Waals surface area (Å²) in [4.78, 5) is 15.5. The molecule has 7 heteroatoms. The Balaban J connectivity index is 2.16. The van der Waals surface area contributed by atoms with Gasteiger partial charge in [0.25, 0.3) is 5.91 Å². The molecule has 0 atom stereocenters. The number of nitrogens with zero attached hydrogens (tertiary/aromatic N) is 2. The molecule has 3 aromatic rings. The summed E-state index contributed by atoms with van der Waals surface area (Å²) >= 11 is 6.07. The summed E-state index contributed by atoms with van der Waals surface area (Å²) in [5.41, 5.74) is 6.79. The molecule has 0 unspecified atom stereocenters. The summed E-state index contributed by atoms with van der Waals surface area (Å²) in [5.74, 6) is -0.145. The van der Waals surface area contributed by atoms with Gasteiger partial charge in [0, 0.05) is 25.7 Å². The number of carbonyl (C=O) groups is 1. The zero-order chi connectivity index (χ0) is 17.1. The minimum Gasteiger partial charge on any atom is -0.354 e. The first-order chi connectivity index (χ1) is 11.6. The van der Waals surface area contributed by atoms with Gasteiger partial charge in [-0.25, -0.2) is 0 Å². The number of fused-ring (bicyclic) bond motifs is 1. The van der Waals surface area contributed by atoms with Gasteiger partial charge in [-0.2, -0.15) is 5.10 Å². The van der Waals surface area contributed by atoms with Crippen molar-refractivity contribution in [1.82, 2.24) is 20.3 Å². The number of rotatable bonds is 4. The van der Waals surface area contributed by atoms with Gasteiger partial charge in [-0.05, 0) is 35.9 Å². The maximum absolute atomic E-state index is 12.3. The van der Waals surface area contributed by atoms with Crippen LogP contribution in [0, 0.1) is 0 Å². The van der Waals surface area contributed by atoms with E-state index < -0.39 is 0 Å². The third-order valence-corrected chi connectivity index (χ3v) is 3.96. The largest absolute Gasteiger partial charge is 0.354 e. The van der Waals surface area contributed by atoms with Crippen molar-refractivity contribution in [2.45, 2.75) is 6.54 Å². The fraction of sp³-hybridized carbons (Fsp3) is 0.176. The number of carbonyl (C=O) groups excluding carboxylic acids is 1. The molecule has 0 aliphatic carbocycles. The zero-order valence-corrected chi connectivity index (χ0v) is 14.2. The topological polar surface area (TPSA) is 74.2 Å². The summed E-state index contributed by atoms with van der Waals surface area (Å²) < 4.78 is 1.96. The molecule has 0 aliphatic heterocycles. The number of hydrogen-bond donors (Lipinski definition) is 3. The summed E-state index contributed by atoms with van der Waals surface area (Å²) in [5, 5.41) is 7.48. The second-order valence-corrected chi connectivity index (χ2v) is 5.74. The van der Waals surface area contributed by atoms with Gasteiger partial charge in [-0.1, -0.05) is 23.7 Å². The molecule has 24 heavy (non-hydrogen) atoms. The van der Waals surface area contributed by atoms with E-state index in [9.17, 15) is 4.79 Å². The van der Waals surface area contributed by atoms with E-state index in [1.165, 1.54) is 0 Å². The van der Waals surface area contributed by atoms with Gasteiger partial charge in [0.1, 0.15) is 11.2 Å². The predicted molar refractivity (Wildman–Crippen MR) is 94.9 cm³/mol. The number of benzene rings is 1. The lowest BCUT2D eigenvalue weighted by molar-refractivity contribution is 0.0955. The van der Waals surface area contributed by atoms with Crippen LogP contribution >= 0.6 is 11.6 Å². The first kappa shape index (κ1) is 16.1.